The van der Waals surface area contributed by atoms with Crippen LogP contribution < -0.4 is 91.6 Å². The molecule has 656 valence electrons. The number of aliphatic hydroxyl groups excluding tert-OH is 3. The van der Waals surface area contributed by atoms with E-state index in [1.807, 2.05) is 0 Å². The third kappa shape index (κ3) is 33.2. The number of hydrogen-bond donors (Lipinski definition) is 26. The number of H-pyrrole nitrogens is 2. The number of aromatic nitrogens is 3. The van der Waals surface area contributed by atoms with E-state index in [4.69, 9.17) is 22.6 Å². The van der Waals surface area contributed by atoms with Gasteiger partial charge in [0.2, 0.25) is 88.6 Å². The second-order valence-corrected chi connectivity index (χ2v) is 28.8. The number of likely N-dealkylation sites (tertiary alicyclic amines) is 1. The minimum Gasteiger partial charge on any atom is -0.481 e. The summed E-state index contributed by atoms with van der Waals surface area (Å²) in [6.45, 7) is -3.28. The number of benzene rings is 2. The molecular formula is C73H104N22O24S. The Hall–Kier alpha value is -12.9. The smallest absolute Gasteiger partial charge is 0.326 e. The van der Waals surface area contributed by atoms with Crippen LogP contribution in [-0.2, 0) is 106 Å². The molecule has 15 amide bonds. The van der Waals surface area contributed by atoms with Crippen LogP contribution in [0.15, 0.2) is 73.3 Å². The number of aliphatic carboxylic acids is 3. The largest absolute Gasteiger partial charge is 0.481 e. The highest BCUT2D eigenvalue weighted by Gasteiger charge is 2.42. The number of amides is 15. The van der Waals surface area contributed by atoms with Crippen LogP contribution in [0.25, 0.3) is 10.9 Å². The zero-order valence-corrected chi connectivity index (χ0v) is 66.4. The third-order valence-corrected chi connectivity index (χ3v) is 19.2. The number of primary amides is 1. The molecule has 1 saturated heterocycles. The number of aromatic amines is 2. The molecule has 0 aliphatic carbocycles. The number of aliphatic hydroxyl groups is 3. The first kappa shape index (κ1) is 97.7. The predicted molar refractivity (Wildman–Crippen MR) is 423 cm³/mol. The number of carbonyl (C=O) groups excluding carboxylic acids is 15. The Labute approximate surface area is 689 Å². The molecular weight excluding hydrogens is 1600 g/mol. The van der Waals surface area contributed by atoms with Crippen LogP contribution in [0.4, 0.5) is 0 Å². The number of nitrogens with one attached hydrogen (secondary N) is 17. The number of fused-ring (bicyclic) bond motifs is 1. The summed E-state index contributed by atoms with van der Waals surface area (Å²) in [5, 5.41) is 102. The number of carbonyl (C=O) groups is 18. The van der Waals surface area contributed by atoms with Crippen molar-refractivity contribution in [2.75, 3.05) is 57.9 Å². The van der Waals surface area contributed by atoms with E-state index in [1.54, 1.807) is 60.9 Å². The fourth-order valence-electron chi connectivity index (χ4n) is 12.2. The molecule has 4 aromatic rings. The molecule has 29 N–H and O–H groups in total. The van der Waals surface area contributed by atoms with Gasteiger partial charge in [0.05, 0.1) is 45.3 Å². The number of thioether (sulfide) groups is 1. The summed E-state index contributed by atoms with van der Waals surface area (Å²) in [6, 6.07) is -4.77. The molecule has 0 spiro atoms. The van der Waals surface area contributed by atoms with Crippen molar-refractivity contribution in [3.8, 4) is 0 Å². The van der Waals surface area contributed by atoms with Gasteiger partial charge in [-0.3, -0.25) is 86.9 Å². The van der Waals surface area contributed by atoms with Crippen molar-refractivity contribution in [2.24, 2.45) is 17.2 Å². The fraction of sp³-hybridized carbons (Fsp3) is 0.507. The second-order valence-electron chi connectivity index (χ2n) is 27.8. The fourth-order valence-corrected chi connectivity index (χ4v) is 12.6. The van der Waals surface area contributed by atoms with Gasteiger partial charge < -0.3 is 137 Å². The molecule has 120 heavy (non-hydrogen) atoms. The van der Waals surface area contributed by atoms with Crippen molar-refractivity contribution in [2.45, 2.75) is 175 Å². The maximum absolute atomic E-state index is 14.6. The standard InChI is InChI=1S/C73H104N22O24S/c1-37(98)60(70(116)90-48(18-21-59(105)106)71(117)95-24-9-15-53(95)69(115)93-52(35-97)68(114)86-44(14-8-23-79-73(76)77)63(109)92-51(72(118)119)26-38-10-4-3-5-11-38)94-66(112)46(17-20-58(103)104)87-65(111)47(22-25-120-2)89-64(110)45(16-19-54(75)99)88-67(113)49(27-39-29-80-43-13-7-6-12-41(39)43)85-57(102)33-82-55(100)31-81-56(101)32-83-62(108)50(28-40-30-78-36-84-40)91-61(107)42(74)34-96/h3-7,10-13,29-30,36-37,42,44-53,60,80,96-98H,8-9,14-28,31-35,74H2,1-2H3,(H2,75,99)(H,78,84)(H,81,101)(H,82,100)(H,83,108)(H,85,102)(H,86,114)(H,87,111)(H,88,113)(H,89,110)(H,90,116)(H,91,107)(H,92,109)(H,93,115)(H,94,112)(H,103,104)(H,105,106)(H,118,119)(H4,76,77,79)/t37-,42+,44+,45+,46+,47+,48+,49+,50+,51+,52+,53+,60+/m1/s1. The molecule has 0 radical (unpaired) electrons. The molecule has 0 bridgehead atoms. The molecule has 2 aromatic carbocycles. The number of para-hydroxylation sites is 1. The highest BCUT2D eigenvalue weighted by molar-refractivity contribution is 7.98. The average molecular weight is 1710 g/mol. The van der Waals surface area contributed by atoms with Gasteiger partial charge in [-0.2, -0.15) is 11.8 Å². The summed E-state index contributed by atoms with van der Waals surface area (Å²) in [5.41, 5.74) is 18.5. The van der Waals surface area contributed by atoms with Crippen molar-refractivity contribution in [1.29, 1.82) is 5.41 Å². The van der Waals surface area contributed by atoms with Crippen molar-refractivity contribution < 1.29 is 117 Å². The van der Waals surface area contributed by atoms with Gasteiger partial charge in [0.1, 0.15) is 72.5 Å². The molecule has 3 heterocycles. The van der Waals surface area contributed by atoms with Crippen LogP contribution in [0, 0.1) is 5.41 Å². The Morgan fingerprint density at radius 3 is 1.64 bits per heavy atom. The summed E-state index contributed by atoms with van der Waals surface area (Å²) in [7, 11) is 0. The molecule has 0 saturated carbocycles. The number of hydrogen-bond acceptors (Lipinski definition) is 25. The van der Waals surface area contributed by atoms with Gasteiger partial charge in [0.15, 0.2) is 5.96 Å². The van der Waals surface area contributed by atoms with E-state index in [9.17, 15) is 117 Å². The Morgan fingerprint density at radius 2 is 1.07 bits per heavy atom. The van der Waals surface area contributed by atoms with Crippen molar-refractivity contribution in [3.63, 3.8) is 0 Å². The summed E-state index contributed by atoms with van der Waals surface area (Å²) in [5.74, 6) is -20.5. The maximum Gasteiger partial charge on any atom is 0.326 e. The molecule has 0 unspecified atom stereocenters. The third-order valence-electron chi connectivity index (χ3n) is 18.5. The summed E-state index contributed by atoms with van der Waals surface area (Å²) in [4.78, 5) is 253. The van der Waals surface area contributed by atoms with Gasteiger partial charge >= 0.3 is 17.9 Å². The highest BCUT2D eigenvalue weighted by Crippen LogP contribution is 2.22. The number of carboxylic acids is 3. The number of imidazole rings is 1. The van der Waals surface area contributed by atoms with E-state index in [0.717, 1.165) is 11.8 Å². The molecule has 1 fully saturated rings. The Bertz CT molecular complexity index is 4250. The summed E-state index contributed by atoms with van der Waals surface area (Å²) < 4.78 is 0. The normalized spacial score (nSPS) is 15.3. The second kappa shape index (κ2) is 50.0. The zero-order chi connectivity index (χ0) is 88.7. The summed E-state index contributed by atoms with van der Waals surface area (Å²) >= 11 is 1.17. The van der Waals surface area contributed by atoms with Gasteiger partial charge in [-0.15, -0.1) is 0 Å². The maximum atomic E-state index is 14.6. The Morgan fingerprint density at radius 1 is 0.550 bits per heavy atom. The van der Waals surface area contributed by atoms with Crippen LogP contribution in [0.2, 0.25) is 0 Å². The molecule has 2 aromatic heterocycles. The lowest BCUT2D eigenvalue weighted by molar-refractivity contribution is -0.144. The first-order chi connectivity index (χ1) is 57.0. The number of guanidine groups is 1. The average Bonchev–Trinajstić information content (AvgIpc) is 1.42. The topological polar surface area (TPSA) is 747 Å². The SMILES string of the molecule is CSCC[C@H](NC(=O)[C@H](CCC(N)=O)NC(=O)[C@H](Cc1c[nH]c2ccccc12)NC(=O)CNC(=O)CNC(=O)CNC(=O)[C@H](Cc1cnc[nH]1)NC(=O)[C@@H](N)CO)C(=O)N[C@@H](CCC(=O)O)C(=O)N[C@H](C(=O)N[C@@H](CCC(=O)O)C(=O)N1CCC[C@H]1C(=O)N[C@@H](CO)C(=O)N[C@@H](CCCNC(=N)N)C(=O)N[C@@H](Cc1ccccc1)C(=O)O)[C@@H](C)O. The quantitative estimate of drug-likeness (QED) is 0.0111. The lowest BCUT2D eigenvalue weighted by Gasteiger charge is -2.31. The first-order valence-electron chi connectivity index (χ1n) is 37.9. The lowest BCUT2D eigenvalue weighted by Crippen LogP contribution is -2.62. The van der Waals surface area contributed by atoms with E-state index >= 15 is 0 Å². The monoisotopic (exact) mass is 1700 g/mol. The predicted octanol–water partition coefficient (Wildman–Crippen LogP) is -9.10. The minimum absolute atomic E-state index is 0.0225. The van der Waals surface area contributed by atoms with Gasteiger partial charge in [-0.25, -0.2) is 9.78 Å². The van der Waals surface area contributed by atoms with Crippen LogP contribution in [-0.4, -0.2) is 300 Å². The number of nitrogens with zero attached hydrogens (tertiary/aromatic N) is 2. The van der Waals surface area contributed by atoms with Crippen LogP contribution in [0.3, 0.4) is 0 Å². The number of nitrogens with two attached hydrogens (primary N) is 3. The molecule has 5 rings (SSSR count). The van der Waals surface area contributed by atoms with Gasteiger partial charge in [0.25, 0.3) is 0 Å². The Kier molecular flexibility index (Phi) is 40.7. The van der Waals surface area contributed by atoms with E-state index in [2.05, 4.69) is 89.4 Å². The van der Waals surface area contributed by atoms with Gasteiger partial charge in [0, 0.05) is 80.6 Å². The highest BCUT2D eigenvalue weighted by atomic mass is 32.2. The minimum atomic E-state index is -2.10. The van der Waals surface area contributed by atoms with Crippen molar-refractivity contribution >= 4 is 135 Å². The molecule has 46 nitrogen and oxygen atoms in total. The summed E-state index contributed by atoms with van der Waals surface area (Å²) in [6.07, 6.45) is -1.16. The van der Waals surface area contributed by atoms with Crippen molar-refractivity contribution in [3.05, 3.63) is 90.1 Å². The van der Waals surface area contributed by atoms with Gasteiger partial charge in [-0.05, 0) is 87.5 Å². The number of rotatable bonds is 53. The van der Waals surface area contributed by atoms with E-state index in [-0.39, 0.29) is 70.2 Å². The zero-order valence-electron chi connectivity index (χ0n) is 65.6. The first-order valence-corrected chi connectivity index (χ1v) is 39.3. The van der Waals surface area contributed by atoms with Crippen LogP contribution in [0.1, 0.15) is 94.4 Å². The molecule has 1 aliphatic rings. The van der Waals surface area contributed by atoms with Crippen molar-refractivity contribution in [1.82, 2.24) is 94.3 Å². The van der Waals surface area contributed by atoms with Crippen LogP contribution >= 0.6 is 11.8 Å². The van der Waals surface area contributed by atoms with E-state index in [1.165, 1.54) is 30.5 Å². The molecule has 13 atom stereocenters. The number of carboxylic acid groups (broad SMARTS) is 3. The van der Waals surface area contributed by atoms with Crippen LogP contribution in [0.5, 0.6) is 0 Å². The van der Waals surface area contributed by atoms with Gasteiger partial charge in [-0.1, -0.05) is 48.5 Å². The van der Waals surface area contributed by atoms with E-state index < -0.39 is 262 Å². The molecule has 1 aliphatic heterocycles. The lowest BCUT2D eigenvalue weighted by atomic mass is 10.0. The van der Waals surface area contributed by atoms with E-state index in [0.29, 0.717) is 27.7 Å². The Balaban J connectivity index is 1.29. The molecule has 47 heteroatoms.